The zero-order chi connectivity index (χ0) is 14.9. The molecule has 1 heterocycles. The van der Waals surface area contributed by atoms with E-state index in [2.05, 4.69) is 19.1 Å². The van der Waals surface area contributed by atoms with Gasteiger partial charge >= 0.3 is 5.97 Å². The molecule has 0 saturated carbocycles. The van der Waals surface area contributed by atoms with Crippen LogP contribution in [0.5, 0.6) is 0 Å². The molecule has 1 unspecified atom stereocenters. The van der Waals surface area contributed by atoms with Crippen molar-refractivity contribution in [3.63, 3.8) is 0 Å². The third-order valence-corrected chi connectivity index (χ3v) is 4.04. The van der Waals surface area contributed by atoms with Crippen molar-refractivity contribution in [3.8, 4) is 0 Å². The Kier molecular flexibility index (Phi) is 4.12. The van der Waals surface area contributed by atoms with Crippen LogP contribution in [-0.4, -0.2) is 28.4 Å². The zero-order valence-corrected chi connectivity index (χ0v) is 12.3. The largest absolute Gasteiger partial charge is 0.481 e. The van der Waals surface area contributed by atoms with Crippen LogP contribution in [0.15, 0.2) is 12.1 Å². The molecule has 2 rings (SSSR count). The third kappa shape index (κ3) is 3.00. The number of likely N-dealkylation sites (tertiary alicyclic amines) is 1. The van der Waals surface area contributed by atoms with Gasteiger partial charge in [0.2, 0.25) is 5.91 Å². The Morgan fingerprint density at radius 2 is 1.90 bits per heavy atom. The average Bonchev–Trinajstić information content (AvgIpc) is 2.35. The number of carboxylic acid groups (broad SMARTS) is 1. The molecule has 1 saturated heterocycles. The minimum Gasteiger partial charge on any atom is -0.481 e. The normalized spacial score (nSPS) is 19.2. The molecule has 0 spiro atoms. The summed E-state index contributed by atoms with van der Waals surface area (Å²) in [6.07, 6.45) is 0.789. The fraction of sp³-hybridized carbons (Fsp3) is 0.500. The Labute approximate surface area is 119 Å². The van der Waals surface area contributed by atoms with Gasteiger partial charge in [-0.2, -0.15) is 0 Å². The number of carbonyl (C=O) groups excluding carboxylic acids is 1. The van der Waals surface area contributed by atoms with Gasteiger partial charge < -0.3 is 10.0 Å². The summed E-state index contributed by atoms with van der Waals surface area (Å²) < 4.78 is 0. The molecule has 1 amide bonds. The number of nitrogens with zero attached hydrogens (tertiary/aromatic N) is 1. The smallest absolute Gasteiger partial charge is 0.308 e. The number of rotatable bonds is 3. The topological polar surface area (TPSA) is 57.6 Å². The van der Waals surface area contributed by atoms with Crippen LogP contribution in [0, 0.1) is 26.7 Å². The van der Waals surface area contributed by atoms with Gasteiger partial charge in [-0.3, -0.25) is 9.59 Å². The predicted molar refractivity (Wildman–Crippen MR) is 76.4 cm³/mol. The molecule has 1 aliphatic heterocycles. The van der Waals surface area contributed by atoms with Crippen molar-refractivity contribution in [2.45, 2.75) is 40.2 Å². The second-order valence-electron chi connectivity index (χ2n) is 5.73. The van der Waals surface area contributed by atoms with E-state index < -0.39 is 11.9 Å². The van der Waals surface area contributed by atoms with Gasteiger partial charge in [-0.05, 0) is 43.9 Å². The Morgan fingerprint density at radius 1 is 1.30 bits per heavy atom. The van der Waals surface area contributed by atoms with Crippen molar-refractivity contribution in [3.05, 3.63) is 34.4 Å². The third-order valence-electron chi connectivity index (χ3n) is 4.04. The standard InChI is InChI=1S/C16H21NO3/c1-10-6-11(2)14(12(3)7-10)9-17-8-13(16(19)20)4-5-15(17)18/h6-7,13H,4-5,8-9H2,1-3H3,(H,19,20). The van der Waals surface area contributed by atoms with Gasteiger partial charge in [-0.25, -0.2) is 0 Å². The summed E-state index contributed by atoms with van der Waals surface area (Å²) in [6.45, 7) is 6.97. The van der Waals surface area contributed by atoms with E-state index in [0.29, 0.717) is 25.9 Å². The van der Waals surface area contributed by atoms with Crippen molar-refractivity contribution >= 4 is 11.9 Å². The molecule has 1 aromatic rings. The van der Waals surface area contributed by atoms with Crippen LogP contribution in [-0.2, 0) is 16.1 Å². The molecule has 1 aromatic carbocycles. The minimum atomic E-state index is -0.806. The number of amides is 1. The number of benzene rings is 1. The van der Waals surface area contributed by atoms with Crippen LogP contribution in [0.4, 0.5) is 0 Å². The highest BCUT2D eigenvalue weighted by molar-refractivity contribution is 5.80. The first kappa shape index (κ1) is 14.6. The average molecular weight is 275 g/mol. The van der Waals surface area contributed by atoms with Crippen LogP contribution in [0.1, 0.15) is 35.1 Å². The maximum atomic E-state index is 12.0. The van der Waals surface area contributed by atoms with Crippen LogP contribution < -0.4 is 0 Å². The fourth-order valence-corrected chi connectivity index (χ4v) is 2.92. The summed E-state index contributed by atoms with van der Waals surface area (Å²) in [5, 5.41) is 9.12. The van der Waals surface area contributed by atoms with E-state index in [1.165, 1.54) is 5.56 Å². The molecule has 0 aromatic heterocycles. The number of carboxylic acids is 1. The maximum absolute atomic E-state index is 12.0. The number of hydrogen-bond acceptors (Lipinski definition) is 2. The molecular weight excluding hydrogens is 254 g/mol. The lowest BCUT2D eigenvalue weighted by Gasteiger charge is -2.31. The SMILES string of the molecule is Cc1cc(C)c(CN2CC(C(=O)O)CCC2=O)c(C)c1. The molecule has 0 radical (unpaired) electrons. The first-order valence-corrected chi connectivity index (χ1v) is 6.95. The summed E-state index contributed by atoms with van der Waals surface area (Å²) in [4.78, 5) is 24.8. The number of aliphatic carboxylic acids is 1. The Bertz CT molecular complexity index is 528. The summed E-state index contributed by atoms with van der Waals surface area (Å²) in [5.74, 6) is -1.18. The van der Waals surface area contributed by atoms with Gasteiger partial charge in [0.15, 0.2) is 0 Å². The summed E-state index contributed by atoms with van der Waals surface area (Å²) in [7, 11) is 0. The van der Waals surface area contributed by atoms with E-state index in [-0.39, 0.29) is 5.91 Å². The van der Waals surface area contributed by atoms with Crippen molar-refractivity contribution in [2.24, 2.45) is 5.92 Å². The van der Waals surface area contributed by atoms with Gasteiger partial charge in [0, 0.05) is 19.5 Å². The second kappa shape index (κ2) is 5.65. The van der Waals surface area contributed by atoms with Gasteiger partial charge in [-0.1, -0.05) is 17.7 Å². The summed E-state index contributed by atoms with van der Waals surface area (Å²) >= 11 is 0. The molecule has 4 heteroatoms. The minimum absolute atomic E-state index is 0.0573. The number of hydrogen-bond donors (Lipinski definition) is 1. The lowest BCUT2D eigenvalue weighted by molar-refractivity contribution is -0.147. The predicted octanol–water partition coefficient (Wildman–Crippen LogP) is 2.44. The Morgan fingerprint density at radius 3 is 2.45 bits per heavy atom. The molecule has 1 N–H and O–H groups in total. The van der Waals surface area contributed by atoms with Gasteiger partial charge in [0.25, 0.3) is 0 Å². The van der Waals surface area contributed by atoms with E-state index in [0.717, 1.165) is 16.7 Å². The lowest BCUT2D eigenvalue weighted by atomic mass is 9.95. The molecule has 108 valence electrons. The van der Waals surface area contributed by atoms with Crippen LogP contribution in [0.3, 0.4) is 0 Å². The summed E-state index contributed by atoms with van der Waals surface area (Å²) in [5.41, 5.74) is 4.66. The lowest BCUT2D eigenvalue weighted by Crippen LogP contribution is -2.42. The summed E-state index contributed by atoms with van der Waals surface area (Å²) in [6, 6.07) is 4.21. The first-order chi connectivity index (χ1) is 9.38. The van der Waals surface area contributed by atoms with E-state index in [9.17, 15) is 9.59 Å². The van der Waals surface area contributed by atoms with E-state index in [4.69, 9.17) is 5.11 Å². The van der Waals surface area contributed by atoms with Gasteiger partial charge in [0.05, 0.1) is 5.92 Å². The van der Waals surface area contributed by atoms with E-state index in [1.54, 1.807) is 4.90 Å². The fourth-order valence-electron chi connectivity index (χ4n) is 2.92. The molecule has 0 aliphatic carbocycles. The molecule has 1 atom stereocenters. The molecular formula is C16H21NO3. The molecule has 1 aliphatic rings. The number of piperidine rings is 1. The number of aryl methyl sites for hydroxylation is 3. The van der Waals surface area contributed by atoms with Crippen molar-refractivity contribution in [1.82, 2.24) is 4.90 Å². The highest BCUT2D eigenvalue weighted by Gasteiger charge is 2.30. The molecule has 0 bridgehead atoms. The monoisotopic (exact) mass is 275 g/mol. The molecule has 1 fully saturated rings. The van der Waals surface area contributed by atoms with Gasteiger partial charge in [-0.15, -0.1) is 0 Å². The van der Waals surface area contributed by atoms with Crippen molar-refractivity contribution in [2.75, 3.05) is 6.54 Å². The van der Waals surface area contributed by atoms with Crippen LogP contribution in [0.2, 0.25) is 0 Å². The molecule has 4 nitrogen and oxygen atoms in total. The second-order valence-corrected chi connectivity index (χ2v) is 5.73. The van der Waals surface area contributed by atoms with Gasteiger partial charge in [0.1, 0.15) is 0 Å². The van der Waals surface area contributed by atoms with Crippen molar-refractivity contribution in [1.29, 1.82) is 0 Å². The maximum Gasteiger partial charge on any atom is 0.308 e. The highest BCUT2D eigenvalue weighted by atomic mass is 16.4. The van der Waals surface area contributed by atoms with Crippen molar-refractivity contribution < 1.29 is 14.7 Å². The van der Waals surface area contributed by atoms with Crippen LogP contribution >= 0.6 is 0 Å². The zero-order valence-electron chi connectivity index (χ0n) is 12.3. The molecule has 20 heavy (non-hydrogen) atoms. The Balaban J connectivity index is 2.20. The first-order valence-electron chi connectivity index (χ1n) is 6.95. The highest BCUT2D eigenvalue weighted by Crippen LogP contribution is 2.23. The van der Waals surface area contributed by atoms with E-state index >= 15 is 0 Å². The Hall–Kier alpha value is -1.84. The number of carbonyl (C=O) groups is 2. The van der Waals surface area contributed by atoms with Crippen LogP contribution in [0.25, 0.3) is 0 Å². The van der Waals surface area contributed by atoms with E-state index in [1.807, 2.05) is 13.8 Å². The quantitative estimate of drug-likeness (QED) is 0.921.